The van der Waals surface area contributed by atoms with Gasteiger partial charge in [0.05, 0.1) is 0 Å². The van der Waals surface area contributed by atoms with Crippen LogP contribution in [0, 0.1) is 0 Å². The number of carbonyl (C=O) groups excluding carboxylic acids is 7. The van der Waals surface area contributed by atoms with Crippen LogP contribution in [0.1, 0.15) is 48.5 Å². The second-order valence-corrected chi connectivity index (χ2v) is 9.89. The van der Waals surface area contributed by atoms with Gasteiger partial charge in [0, 0.05) is 53.4 Å². The molecule has 5 unspecified atom stereocenters. The van der Waals surface area contributed by atoms with Crippen LogP contribution in [0.2, 0.25) is 0 Å². The molecule has 0 aromatic carbocycles. The highest BCUT2D eigenvalue weighted by Gasteiger charge is 2.57. The molecule has 2 fully saturated rings. The van der Waals surface area contributed by atoms with E-state index in [1.807, 2.05) is 0 Å². The maximum atomic E-state index is 12.2. The Morgan fingerprint density at radius 3 is 1.37 bits per heavy atom. The molecule has 20 heteroatoms. The minimum Gasteiger partial charge on any atom is -0.463 e. The summed E-state index contributed by atoms with van der Waals surface area (Å²) in [5, 5.41) is 3.46. The SMILES string of the molecule is CC(=O)OCC1O[C@@H](N=[N+]=[N-])C(OC(C)=O)C(OC(C)=O)[C@@H]1O[C@@H]1OC(COC(C)=O)[C@H](OC(C)=O)[C@H](OC(C)=O)C1OC(C)=O. The van der Waals surface area contributed by atoms with Crippen molar-refractivity contribution in [3.05, 3.63) is 10.4 Å². The Balaban J connectivity index is 2.73. The Labute approximate surface area is 261 Å². The molecule has 10 atom stereocenters. The molecule has 2 saturated heterocycles. The van der Waals surface area contributed by atoms with Crippen molar-refractivity contribution in [2.45, 2.75) is 110 Å². The zero-order valence-corrected chi connectivity index (χ0v) is 26.0. The first-order valence-corrected chi connectivity index (χ1v) is 13.7. The van der Waals surface area contributed by atoms with Crippen molar-refractivity contribution in [3.8, 4) is 0 Å². The number of nitrogens with zero attached hydrogens (tertiary/aromatic N) is 3. The average molecular weight is 662 g/mol. The van der Waals surface area contributed by atoms with E-state index < -0.39 is 116 Å². The fourth-order valence-corrected chi connectivity index (χ4v) is 4.63. The number of azide groups is 1. The van der Waals surface area contributed by atoms with Crippen molar-refractivity contribution < 1.29 is 80.9 Å². The van der Waals surface area contributed by atoms with Crippen LogP contribution in [0.4, 0.5) is 0 Å². The maximum absolute atomic E-state index is 12.2. The molecule has 0 N–H and O–H groups in total. The first kappa shape index (κ1) is 37.7. The van der Waals surface area contributed by atoms with E-state index in [-0.39, 0.29) is 0 Å². The van der Waals surface area contributed by atoms with Gasteiger partial charge in [-0.15, -0.1) is 0 Å². The molecule has 0 aromatic heterocycles. The quantitative estimate of drug-likeness (QED) is 0.0870. The Morgan fingerprint density at radius 1 is 0.543 bits per heavy atom. The summed E-state index contributed by atoms with van der Waals surface area (Å²) in [4.78, 5) is 86.7. The summed E-state index contributed by atoms with van der Waals surface area (Å²) >= 11 is 0. The molecule has 2 rings (SSSR count). The van der Waals surface area contributed by atoms with Gasteiger partial charge in [-0.2, -0.15) is 0 Å². The Bertz CT molecular complexity index is 1220. The van der Waals surface area contributed by atoms with Gasteiger partial charge in [0.1, 0.15) is 31.5 Å². The van der Waals surface area contributed by atoms with Crippen LogP contribution in [0.5, 0.6) is 0 Å². The third-order valence-corrected chi connectivity index (χ3v) is 6.07. The topological polar surface area (TPSA) is 261 Å². The summed E-state index contributed by atoms with van der Waals surface area (Å²) in [6.45, 7) is 6.05. The molecule has 0 aromatic rings. The Kier molecular flexibility index (Phi) is 14.1. The van der Waals surface area contributed by atoms with Crippen LogP contribution >= 0.6 is 0 Å². The smallest absolute Gasteiger partial charge is 0.303 e. The van der Waals surface area contributed by atoms with Crippen molar-refractivity contribution in [1.29, 1.82) is 0 Å². The lowest BCUT2D eigenvalue weighted by atomic mass is 9.95. The molecule has 2 aliphatic heterocycles. The van der Waals surface area contributed by atoms with Crippen LogP contribution < -0.4 is 0 Å². The fourth-order valence-electron chi connectivity index (χ4n) is 4.63. The van der Waals surface area contributed by atoms with E-state index in [4.69, 9.17) is 52.9 Å². The summed E-state index contributed by atoms with van der Waals surface area (Å²) in [5.74, 6) is -6.10. The van der Waals surface area contributed by atoms with E-state index in [0.717, 1.165) is 48.5 Å². The second kappa shape index (κ2) is 17.2. The van der Waals surface area contributed by atoms with Crippen LogP contribution in [-0.2, 0) is 80.9 Å². The monoisotopic (exact) mass is 661 g/mol. The van der Waals surface area contributed by atoms with Crippen LogP contribution in [0.3, 0.4) is 0 Å². The predicted molar refractivity (Wildman–Crippen MR) is 142 cm³/mol. The Hall–Kier alpha value is -4.52. The molecule has 0 bridgehead atoms. The number of rotatable bonds is 12. The zero-order valence-electron chi connectivity index (χ0n) is 26.0. The van der Waals surface area contributed by atoms with Gasteiger partial charge in [0.25, 0.3) is 0 Å². The van der Waals surface area contributed by atoms with Gasteiger partial charge >= 0.3 is 41.8 Å². The van der Waals surface area contributed by atoms with E-state index >= 15 is 0 Å². The molecule has 0 aliphatic carbocycles. The third kappa shape index (κ3) is 11.1. The summed E-state index contributed by atoms with van der Waals surface area (Å²) in [5.41, 5.74) is 9.13. The van der Waals surface area contributed by atoms with Gasteiger partial charge < -0.3 is 47.4 Å². The Morgan fingerprint density at radius 2 is 0.935 bits per heavy atom. The minimum atomic E-state index is -1.82. The van der Waals surface area contributed by atoms with Crippen molar-refractivity contribution in [1.82, 2.24) is 0 Å². The molecule has 0 saturated carbocycles. The van der Waals surface area contributed by atoms with Crippen LogP contribution in [0.25, 0.3) is 10.4 Å². The largest absolute Gasteiger partial charge is 0.463 e. The van der Waals surface area contributed by atoms with E-state index in [9.17, 15) is 33.6 Å². The highest BCUT2D eigenvalue weighted by molar-refractivity contribution is 5.69. The molecule has 2 heterocycles. The fraction of sp³-hybridized carbons (Fsp3) is 0.731. The predicted octanol–water partition coefficient (Wildman–Crippen LogP) is -0.0836. The zero-order chi connectivity index (χ0) is 34.7. The van der Waals surface area contributed by atoms with Gasteiger partial charge in [-0.1, -0.05) is 5.11 Å². The lowest BCUT2D eigenvalue weighted by Gasteiger charge is -2.48. The number of hydrogen-bond donors (Lipinski definition) is 0. The van der Waals surface area contributed by atoms with Crippen molar-refractivity contribution in [2.75, 3.05) is 13.2 Å². The highest BCUT2D eigenvalue weighted by Crippen LogP contribution is 2.35. The van der Waals surface area contributed by atoms with Crippen LogP contribution in [0.15, 0.2) is 5.11 Å². The van der Waals surface area contributed by atoms with Gasteiger partial charge in [-0.3, -0.25) is 33.6 Å². The minimum absolute atomic E-state index is 0.585. The van der Waals surface area contributed by atoms with E-state index in [1.54, 1.807) is 0 Å². The summed E-state index contributed by atoms with van der Waals surface area (Å²) in [7, 11) is 0. The first-order valence-electron chi connectivity index (χ1n) is 13.7. The van der Waals surface area contributed by atoms with Crippen molar-refractivity contribution in [2.24, 2.45) is 5.11 Å². The maximum Gasteiger partial charge on any atom is 0.303 e. The number of carbonyl (C=O) groups is 7. The number of ether oxygens (including phenoxy) is 10. The van der Waals surface area contributed by atoms with Gasteiger partial charge in [-0.25, -0.2) is 0 Å². The number of hydrogen-bond acceptors (Lipinski definition) is 18. The molecule has 46 heavy (non-hydrogen) atoms. The van der Waals surface area contributed by atoms with E-state index in [2.05, 4.69) is 10.0 Å². The molecule has 2 aliphatic rings. The van der Waals surface area contributed by atoms with Crippen molar-refractivity contribution in [3.63, 3.8) is 0 Å². The molecular formula is C26H35N3O17. The summed E-state index contributed by atoms with van der Waals surface area (Å²) in [6.07, 6.45) is -16.1. The molecular weight excluding hydrogens is 626 g/mol. The van der Waals surface area contributed by atoms with Gasteiger partial charge in [-0.05, 0) is 5.53 Å². The van der Waals surface area contributed by atoms with Crippen LogP contribution in [-0.4, -0.2) is 116 Å². The molecule has 256 valence electrons. The summed E-state index contributed by atoms with van der Waals surface area (Å²) < 4.78 is 54.8. The standard InChI is InChI=1S/C26H35N3O17/c1-10(30)37-8-17-20(21(40-13(4)33)23(42-15(6)35)25(44-17)28-29-27)46-26-24(43-16(7)36)22(41-14(5)34)19(39-12(3)32)18(45-26)9-38-11(2)31/h17-26H,8-9H2,1-7H3/t17?,18?,19-,20+,21?,22-,23?,24?,25+,26-/m0/s1. The molecule has 0 radical (unpaired) electrons. The normalized spacial score (nSPS) is 30.3. The van der Waals surface area contributed by atoms with E-state index in [0.29, 0.717) is 0 Å². The summed E-state index contributed by atoms with van der Waals surface area (Å²) in [6, 6.07) is 0. The third-order valence-electron chi connectivity index (χ3n) is 6.07. The molecule has 0 spiro atoms. The van der Waals surface area contributed by atoms with Gasteiger partial charge in [0.15, 0.2) is 43.0 Å². The molecule has 20 nitrogen and oxygen atoms in total. The van der Waals surface area contributed by atoms with Crippen molar-refractivity contribution >= 4 is 41.8 Å². The lowest BCUT2D eigenvalue weighted by molar-refractivity contribution is -0.344. The van der Waals surface area contributed by atoms with E-state index in [1.165, 1.54) is 0 Å². The number of esters is 7. The average Bonchev–Trinajstić information content (AvgIpc) is 2.91. The lowest BCUT2D eigenvalue weighted by Crippen LogP contribution is -2.67. The van der Waals surface area contributed by atoms with Gasteiger partial charge in [0.2, 0.25) is 0 Å². The first-order chi connectivity index (χ1) is 21.5. The highest BCUT2D eigenvalue weighted by atomic mass is 16.8. The molecule has 0 amide bonds. The second-order valence-electron chi connectivity index (χ2n) is 9.89.